The van der Waals surface area contributed by atoms with Gasteiger partial charge in [-0.3, -0.25) is 4.79 Å². The number of hydrogen-bond donors (Lipinski definition) is 1. The van der Waals surface area contributed by atoms with E-state index in [1.807, 2.05) is 48.7 Å². The van der Waals surface area contributed by atoms with Gasteiger partial charge in [0.2, 0.25) is 0 Å². The minimum absolute atomic E-state index is 0.000764. The summed E-state index contributed by atoms with van der Waals surface area (Å²) in [6.07, 6.45) is 2.07. The second kappa shape index (κ2) is 11.7. The van der Waals surface area contributed by atoms with Crippen LogP contribution in [0.4, 0.5) is 4.79 Å². The molecule has 0 bridgehead atoms. The predicted octanol–water partition coefficient (Wildman–Crippen LogP) is 5.82. The molecule has 8 heteroatoms. The van der Waals surface area contributed by atoms with E-state index in [1.165, 1.54) is 13.8 Å². The van der Waals surface area contributed by atoms with Gasteiger partial charge in [-0.05, 0) is 74.4 Å². The van der Waals surface area contributed by atoms with Crippen molar-refractivity contribution in [2.75, 3.05) is 19.3 Å². The number of likely N-dealkylation sites (tertiary alicyclic amines) is 1. The maximum atomic E-state index is 13.6. The summed E-state index contributed by atoms with van der Waals surface area (Å²) >= 11 is 1.61. The summed E-state index contributed by atoms with van der Waals surface area (Å²) in [5.74, 6) is -0.658. The number of Topliss-reactive ketones (excluding diaryl/α,β-unsaturated/α-hetero) is 1. The molecule has 2 atom stereocenters. The summed E-state index contributed by atoms with van der Waals surface area (Å²) < 4.78 is 11.2. The molecule has 0 unspecified atom stereocenters. The maximum Gasteiger partial charge on any atom is 0.415 e. The summed E-state index contributed by atoms with van der Waals surface area (Å²) in [4.78, 5) is 40.6. The van der Waals surface area contributed by atoms with Crippen molar-refractivity contribution in [1.29, 1.82) is 0 Å². The van der Waals surface area contributed by atoms with Gasteiger partial charge in [-0.1, -0.05) is 42.5 Å². The maximum absolute atomic E-state index is 13.6. The number of thioether (sulfide) groups is 1. The van der Waals surface area contributed by atoms with Crippen LogP contribution in [0, 0.1) is 11.8 Å². The van der Waals surface area contributed by atoms with Crippen molar-refractivity contribution in [3.8, 4) is 11.5 Å². The van der Waals surface area contributed by atoms with Gasteiger partial charge in [-0.25, -0.2) is 9.59 Å². The van der Waals surface area contributed by atoms with Crippen LogP contribution in [0.5, 0.6) is 11.5 Å². The number of amides is 1. The molecule has 1 amide bonds. The van der Waals surface area contributed by atoms with Gasteiger partial charge in [0.05, 0.1) is 0 Å². The minimum atomic E-state index is -1.35. The topological polar surface area (TPSA) is 93.1 Å². The van der Waals surface area contributed by atoms with Crippen LogP contribution in [0.15, 0.2) is 83.8 Å². The molecule has 1 aliphatic rings. The van der Waals surface area contributed by atoms with Crippen molar-refractivity contribution >= 4 is 29.6 Å². The van der Waals surface area contributed by atoms with E-state index in [2.05, 4.69) is 0 Å². The Morgan fingerprint density at radius 1 is 0.921 bits per heavy atom. The first kappa shape index (κ1) is 27.3. The first-order valence-electron chi connectivity index (χ1n) is 12.4. The monoisotopic (exact) mass is 533 g/mol. The summed E-state index contributed by atoms with van der Waals surface area (Å²) in [7, 11) is 0. The normalized spacial score (nSPS) is 17.2. The Labute approximate surface area is 226 Å². The third-order valence-electron chi connectivity index (χ3n) is 6.67. The molecule has 3 aromatic rings. The Morgan fingerprint density at radius 3 is 2.18 bits per heavy atom. The zero-order chi connectivity index (χ0) is 27.3. The molecule has 1 heterocycles. The molecule has 1 fully saturated rings. The van der Waals surface area contributed by atoms with Crippen LogP contribution in [-0.4, -0.2) is 52.8 Å². The van der Waals surface area contributed by atoms with Gasteiger partial charge in [-0.2, -0.15) is 0 Å². The Hall–Kier alpha value is -3.78. The second-order valence-electron chi connectivity index (χ2n) is 9.81. The highest BCUT2D eigenvalue weighted by Crippen LogP contribution is 2.32. The Kier molecular flexibility index (Phi) is 8.42. The number of para-hydroxylation sites is 1. The number of nitrogens with zero attached hydrogens (tertiary/aromatic N) is 1. The molecule has 4 rings (SSSR count). The van der Waals surface area contributed by atoms with Gasteiger partial charge in [0.15, 0.2) is 11.4 Å². The molecule has 0 aliphatic carbocycles. The smallest absolute Gasteiger partial charge is 0.415 e. The number of carboxylic acid groups (broad SMARTS) is 1. The van der Waals surface area contributed by atoms with E-state index in [9.17, 15) is 19.5 Å². The fourth-order valence-corrected chi connectivity index (χ4v) is 4.89. The lowest BCUT2D eigenvalue weighted by molar-refractivity contribution is -0.152. The minimum Gasteiger partial charge on any atom is -0.478 e. The summed E-state index contributed by atoms with van der Waals surface area (Å²) in [5, 5.41) is 9.31. The zero-order valence-corrected chi connectivity index (χ0v) is 22.4. The fraction of sp³-hybridized carbons (Fsp3) is 0.300. The SMILES string of the molecule is CSc1ccc(C(=O)[C@@H]2CN(C(=O)Oc3ccccc3)C[C@H]2Cc2ccc(OC(C)(C)C(=O)O)cc2)cc1. The standard InChI is InChI=1S/C30H31NO6S/c1-30(2,28(33)34)37-24-13-9-20(10-14-24)17-22-18-31(29(35)36-23-7-5-4-6-8-23)19-26(22)27(32)21-11-15-25(38-3)16-12-21/h4-16,22,26H,17-19H2,1-3H3,(H,33,34)/t22-,26-/m1/s1. The Bertz CT molecular complexity index is 1270. The second-order valence-corrected chi connectivity index (χ2v) is 10.7. The van der Waals surface area contributed by atoms with Crippen LogP contribution in [0.3, 0.4) is 0 Å². The van der Waals surface area contributed by atoms with Gasteiger partial charge in [-0.15, -0.1) is 11.8 Å². The lowest BCUT2D eigenvalue weighted by Crippen LogP contribution is -2.37. The van der Waals surface area contributed by atoms with Gasteiger partial charge in [0.25, 0.3) is 0 Å². The largest absolute Gasteiger partial charge is 0.478 e. The van der Waals surface area contributed by atoms with Crippen LogP contribution < -0.4 is 9.47 Å². The fourth-order valence-electron chi connectivity index (χ4n) is 4.48. The van der Waals surface area contributed by atoms with Crippen LogP contribution in [-0.2, 0) is 11.2 Å². The van der Waals surface area contributed by atoms with Crippen LogP contribution >= 0.6 is 11.8 Å². The first-order valence-corrected chi connectivity index (χ1v) is 13.6. The van der Waals surface area contributed by atoms with Crippen LogP contribution in [0.1, 0.15) is 29.8 Å². The summed E-state index contributed by atoms with van der Waals surface area (Å²) in [6.45, 7) is 3.64. The highest BCUT2D eigenvalue weighted by atomic mass is 32.2. The third kappa shape index (κ3) is 6.55. The van der Waals surface area contributed by atoms with Crippen LogP contribution in [0.2, 0.25) is 0 Å². The molecule has 1 saturated heterocycles. The number of carboxylic acids is 1. The quantitative estimate of drug-likeness (QED) is 0.274. The lowest BCUT2D eigenvalue weighted by Gasteiger charge is -2.22. The molecule has 0 radical (unpaired) electrons. The Balaban J connectivity index is 1.52. The number of carbonyl (C=O) groups excluding carboxylic acids is 2. The summed E-state index contributed by atoms with van der Waals surface area (Å²) in [6, 6.07) is 23.6. The average Bonchev–Trinajstić information content (AvgIpc) is 3.33. The van der Waals surface area contributed by atoms with Gasteiger partial charge >= 0.3 is 12.1 Å². The highest BCUT2D eigenvalue weighted by Gasteiger charge is 2.40. The van der Waals surface area contributed by atoms with E-state index in [4.69, 9.17) is 9.47 Å². The van der Waals surface area contributed by atoms with Crippen molar-refractivity contribution in [1.82, 2.24) is 4.90 Å². The molecule has 3 aromatic carbocycles. The van der Waals surface area contributed by atoms with E-state index in [-0.39, 0.29) is 24.2 Å². The molecular weight excluding hydrogens is 502 g/mol. The van der Waals surface area contributed by atoms with E-state index < -0.39 is 17.7 Å². The van der Waals surface area contributed by atoms with Gasteiger partial charge < -0.3 is 19.5 Å². The lowest BCUT2D eigenvalue weighted by atomic mass is 9.84. The van der Waals surface area contributed by atoms with E-state index in [0.29, 0.717) is 30.0 Å². The number of aliphatic carboxylic acids is 1. The molecule has 0 spiro atoms. The molecule has 1 N–H and O–H groups in total. The van der Waals surface area contributed by atoms with Gasteiger partial charge in [0, 0.05) is 29.5 Å². The molecule has 0 saturated carbocycles. The Morgan fingerprint density at radius 2 is 1.58 bits per heavy atom. The number of ketones is 1. The summed E-state index contributed by atoms with van der Waals surface area (Å²) in [5.41, 5.74) is 0.232. The van der Waals surface area contributed by atoms with Crippen LogP contribution in [0.25, 0.3) is 0 Å². The van der Waals surface area contributed by atoms with Crippen molar-refractivity contribution in [2.24, 2.45) is 11.8 Å². The van der Waals surface area contributed by atoms with E-state index in [1.54, 1.807) is 53.1 Å². The molecule has 7 nitrogen and oxygen atoms in total. The molecule has 198 valence electrons. The number of ether oxygens (including phenoxy) is 2. The molecular formula is C30H31NO6S. The van der Waals surface area contributed by atoms with E-state index >= 15 is 0 Å². The number of hydrogen-bond acceptors (Lipinski definition) is 6. The average molecular weight is 534 g/mol. The third-order valence-corrected chi connectivity index (χ3v) is 7.41. The predicted molar refractivity (Wildman–Crippen MR) is 146 cm³/mol. The zero-order valence-electron chi connectivity index (χ0n) is 21.6. The number of rotatable bonds is 9. The number of benzene rings is 3. The molecule has 0 aromatic heterocycles. The first-order chi connectivity index (χ1) is 18.2. The van der Waals surface area contributed by atoms with E-state index in [0.717, 1.165) is 10.5 Å². The molecule has 38 heavy (non-hydrogen) atoms. The van der Waals surface area contributed by atoms with Crippen molar-refractivity contribution in [3.63, 3.8) is 0 Å². The van der Waals surface area contributed by atoms with Crippen molar-refractivity contribution < 1.29 is 29.0 Å². The van der Waals surface area contributed by atoms with Crippen molar-refractivity contribution in [3.05, 3.63) is 90.0 Å². The highest BCUT2D eigenvalue weighted by molar-refractivity contribution is 7.98. The van der Waals surface area contributed by atoms with Gasteiger partial charge in [0.1, 0.15) is 11.5 Å². The van der Waals surface area contributed by atoms with Crippen molar-refractivity contribution in [2.45, 2.75) is 30.8 Å². The molecule has 1 aliphatic heterocycles. The number of carbonyl (C=O) groups is 3.